The predicted octanol–water partition coefficient (Wildman–Crippen LogP) is 4.48. The van der Waals surface area contributed by atoms with E-state index in [-0.39, 0.29) is 0 Å². The number of aromatic nitrogens is 1. The molecule has 1 aromatic carbocycles. The van der Waals surface area contributed by atoms with Crippen LogP contribution in [0.3, 0.4) is 0 Å². The van der Waals surface area contributed by atoms with Crippen LogP contribution in [0.2, 0.25) is 5.02 Å². The summed E-state index contributed by atoms with van der Waals surface area (Å²) in [5.41, 5.74) is 1.98. The highest BCUT2D eigenvalue weighted by Gasteiger charge is 2.02. The van der Waals surface area contributed by atoms with Crippen LogP contribution in [-0.4, -0.2) is 4.98 Å². The second kappa shape index (κ2) is 5.17. The van der Waals surface area contributed by atoms with Crippen molar-refractivity contribution in [1.82, 2.24) is 4.98 Å². The summed E-state index contributed by atoms with van der Waals surface area (Å²) in [6.07, 6.45) is 0. The standard InChI is InChI=1S/C11H10BrClN2S/c1-7-6-16-11(15-7)5-14-10-4-8(12)2-3-9(10)13/h2-4,6,14H,5H2,1H3. The van der Waals surface area contributed by atoms with Crippen LogP contribution in [0, 0.1) is 6.92 Å². The number of nitrogens with zero attached hydrogens (tertiary/aromatic N) is 1. The van der Waals surface area contributed by atoms with Gasteiger partial charge in [-0.2, -0.15) is 0 Å². The van der Waals surface area contributed by atoms with Crippen LogP contribution in [0.1, 0.15) is 10.7 Å². The SMILES string of the molecule is Cc1csc(CNc2cc(Br)ccc2Cl)n1. The molecule has 84 valence electrons. The van der Waals surface area contributed by atoms with Gasteiger partial charge in [0.1, 0.15) is 5.01 Å². The molecule has 0 radical (unpaired) electrons. The Morgan fingerprint density at radius 2 is 2.31 bits per heavy atom. The Labute approximate surface area is 112 Å². The summed E-state index contributed by atoms with van der Waals surface area (Å²) in [6, 6.07) is 5.74. The molecular weight excluding hydrogens is 308 g/mol. The molecule has 0 aliphatic rings. The van der Waals surface area contributed by atoms with E-state index < -0.39 is 0 Å². The molecule has 1 heterocycles. The lowest BCUT2D eigenvalue weighted by atomic mass is 10.3. The molecule has 0 saturated carbocycles. The van der Waals surface area contributed by atoms with E-state index >= 15 is 0 Å². The first-order valence-electron chi connectivity index (χ1n) is 4.75. The van der Waals surface area contributed by atoms with Crippen LogP contribution in [-0.2, 0) is 6.54 Å². The molecule has 2 nitrogen and oxygen atoms in total. The second-order valence-corrected chi connectivity index (χ2v) is 5.63. The fourth-order valence-corrected chi connectivity index (χ4v) is 2.54. The van der Waals surface area contributed by atoms with Crippen LogP contribution in [0.5, 0.6) is 0 Å². The molecule has 1 aromatic heterocycles. The largest absolute Gasteiger partial charge is 0.377 e. The molecule has 16 heavy (non-hydrogen) atoms. The van der Waals surface area contributed by atoms with E-state index in [1.54, 1.807) is 11.3 Å². The number of hydrogen-bond donors (Lipinski definition) is 1. The van der Waals surface area contributed by atoms with Crippen LogP contribution in [0.25, 0.3) is 0 Å². The second-order valence-electron chi connectivity index (χ2n) is 3.36. The average Bonchev–Trinajstić information content (AvgIpc) is 2.66. The van der Waals surface area contributed by atoms with Crippen molar-refractivity contribution in [3.05, 3.63) is 43.8 Å². The van der Waals surface area contributed by atoms with Gasteiger partial charge in [0.2, 0.25) is 0 Å². The quantitative estimate of drug-likeness (QED) is 0.903. The van der Waals surface area contributed by atoms with E-state index in [0.717, 1.165) is 25.9 Å². The molecule has 0 spiro atoms. The van der Waals surface area contributed by atoms with E-state index in [1.807, 2.05) is 30.5 Å². The molecule has 2 rings (SSSR count). The van der Waals surface area contributed by atoms with Crippen molar-refractivity contribution in [2.45, 2.75) is 13.5 Å². The van der Waals surface area contributed by atoms with Crippen molar-refractivity contribution in [3.8, 4) is 0 Å². The topological polar surface area (TPSA) is 24.9 Å². The Hall–Kier alpha value is -0.580. The summed E-state index contributed by atoms with van der Waals surface area (Å²) in [5.74, 6) is 0. The maximum Gasteiger partial charge on any atom is 0.112 e. The van der Waals surface area contributed by atoms with Gasteiger partial charge in [-0.3, -0.25) is 0 Å². The van der Waals surface area contributed by atoms with Crippen LogP contribution in [0.4, 0.5) is 5.69 Å². The van der Waals surface area contributed by atoms with Crippen LogP contribution < -0.4 is 5.32 Å². The van der Waals surface area contributed by atoms with E-state index in [2.05, 4.69) is 26.2 Å². The Kier molecular flexibility index (Phi) is 3.84. The van der Waals surface area contributed by atoms with Gasteiger partial charge in [0.05, 0.1) is 17.3 Å². The number of thiazole rings is 1. The van der Waals surface area contributed by atoms with Crippen LogP contribution >= 0.6 is 38.9 Å². The summed E-state index contributed by atoms with van der Waals surface area (Å²) in [5, 5.41) is 7.09. The highest BCUT2D eigenvalue weighted by atomic mass is 79.9. The molecule has 0 bridgehead atoms. The molecule has 0 fully saturated rings. The van der Waals surface area contributed by atoms with Gasteiger partial charge < -0.3 is 5.32 Å². The molecular formula is C11H10BrClN2S. The highest BCUT2D eigenvalue weighted by molar-refractivity contribution is 9.10. The smallest absolute Gasteiger partial charge is 0.112 e. The number of anilines is 1. The van der Waals surface area contributed by atoms with Gasteiger partial charge >= 0.3 is 0 Å². The lowest BCUT2D eigenvalue weighted by molar-refractivity contribution is 1.08. The third kappa shape index (κ3) is 2.97. The summed E-state index contributed by atoms with van der Waals surface area (Å²) in [4.78, 5) is 4.38. The molecule has 0 aliphatic carbocycles. The number of halogens is 2. The fourth-order valence-electron chi connectivity index (χ4n) is 1.29. The Balaban J connectivity index is 2.07. The maximum absolute atomic E-state index is 6.07. The lowest BCUT2D eigenvalue weighted by Crippen LogP contribution is -1.99. The van der Waals surface area contributed by atoms with Crippen molar-refractivity contribution >= 4 is 44.6 Å². The number of nitrogens with one attached hydrogen (secondary N) is 1. The van der Waals surface area contributed by atoms with E-state index in [4.69, 9.17) is 11.6 Å². The Morgan fingerprint density at radius 1 is 1.50 bits per heavy atom. The average molecular weight is 318 g/mol. The third-order valence-corrected chi connectivity index (χ3v) is 3.81. The minimum absolute atomic E-state index is 0.703. The molecule has 2 aromatic rings. The fraction of sp³-hybridized carbons (Fsp3) is 0.182. The van der Waals surface area contributed by atoms with Gasteiger partial charge in [-0.15, -0.1) is 11.3 Å². The van der Waals surface area contributed by atoms with E-state index in [1.165, 1.54) is 0 Å². The summed E-state index contributed by atoms with van der Waals surface area (Å²) >= 11 is 11.1. The Bertz CT molecular complexity index is 498. The van der Waals surface area contributed by atoms with Gasteiger partial charge in [0.25, 0.3) is 0 Å². The molecule has 1 N–H and O–H groups in total. The number of hydrogen-bond acceptors (Lipinski definition) is 3. The van der Waals surface area contributed by atoms with Gasteiger partial charge in [0, 0.05) is 15.5 Å². The van der Waals surface area contributed by atoms with Crippen molar-refractivity contribution in [2.24, 2.45) is 0 Å². The monoisotopic (exact) mass is 316 g/mol. The van der Waals surface area contributed by atoms with Gasteiger partial charge in [-0.1, -0.05) is 27.5 Å². The number of rotatable bonds is 3. The van der Waals surface area contributed by atoms with Crippen LogP contribution in [0.15, 0.2) is 28.1 Å². The highest BCUT2D eigenvalue weighted by Crippen LogP contribution is 2.26. The first-order valence-corrected chi connectivity index (χ1v) is 6.80. The minimum atomic E-state index is 0.703. The zero-order chi connectivity index (χ0) is 11.5. The zero-order valence-corrected chi connectivity index (χ0v) is 11.8. The predicted molar refractivity (Wildman–Crippen MR) is 73.3 cm³/mol. The summed E-state index contributed by atoms with van der Waals surface area (Å²) < 4.78 is 1.01. The Morgan fingerprint density at radius 3 is 3.00 bits per heavy atom. The molecule has 0 amide bonds. The van der Waals surface area contributed by atoms with Gasteiger partial charge in [0.15, 0.2) is 0 Å². The minimum Gasteiger partial charge on any atom is -0.377 e. The van der Waals surface area contributed by atoms with Crippen molar-refractivity contribution in [2.75, 3.05) is 5.32 Å². The van der Waals surface area contributed by atoms with E-state index in [9.17, 15) is 0 Å². The van der Waals surface area contributed by atoms with E-state index in [0.29, 0.717) is 6.54 Å². The first kappa shape index (κ1) is 11.9. The van der Waals surface area contributed by atoms with Crippen molar-refractivity contribution < 1.29 is 0 Å². The number of benzene rings is 1. The van der Waals surface area contributed by atoms with Crippen molar-refractivity contribution in [3.63, 3.8) is 0 Å². The molecule has 0 unspecified atom stereocenters. The molecule has 0 atom stereocenters. The normalized spacial score (nSPS) is 10.4. The zero-order valence-electron chi connectivity index (χ0n) is 8.63. The molecule has 0 saturated heterocycles. The first-order chi connectivity index (χ1) is 7.65. The maximum atomic E-state index is 6.07. The summed E-state index contributed by atoms with van der Waals surface area (Å²) in [7, 11) is 0. The molecule has 5 heteroatoms. The van der Waals surface area contributed by atoms with Gasteiger partial charge in [-0.25, -0.2) is 4.98 Å². The third-order valence-electron chi connectivity index (χ3n) is 2.03. The molecule has 0 aliphatic heterocycles. The lowest BCUT2D eigenvalue weighted by Gasteiger charge is -2.06. The van der Waals surface area contributed by atoms with Gasteiger partial charge in [-0.05, 0) is 25.1 Å². The van der Waals surface area contributed by atoms with Crippen molar-refractivity contribution in [1.29, 1.82) is 0 Å². The number of aryl methyl sites for hydroxylation is 1. The summed E-state index contributed by atoms with van der Waals surface area (Å²) in [6.45, 7) is 2.70.